The molecule has 1 N–H and O–H groups in total. The van der Waals surface area contributed by atoms with Gasteiger partial charge in [0.25, 0.3) is 0 Å². The number of rotatable bonds is 5. The van der Waals surface area contributed by atoms with Gasteiger partial charge in [0.2, 0.25) is 0 Å². The van der Waals surface area contributed by atoms with Crippen molar-refractivity contribution in [1.82, 2.24) is 5.32 Å². The van der Waals surface area contributed by atoms with Crippen LogP contribution in [0.5, 0.6) is 0 Å². The zero-order valence-electron chi connectivity index (χ0n) is 10.9. The summed E-state index contributed by atoms with van der Waals surface area (Å²) in [5, 5.41) is 3.71. The van der Waals surface area contributed by atoms with Crippen LogP contribution < -0.4 is 5.32 Å². The summed E-state index contributed by atoms with van der Waals surface area (Å²) in [5.41, 5.74) is 0. The summed E-state index contributed by atoms with van der Waals surface area (Å²) >= 11 is 7.68. The fraction of sp³-hybridized carbons (Fsp3) is 0.467. The quantitative estimate of drug-likeness (QED) is 0.852. The van der Waals surface area contributed by atoms with Crippen molar-refractivity contribution >= 4 is 22.9 Å². The average molecular weight is 296 g/mol. The zero-order valence-corrected chi connectivity index (χ0v) is 12.5. The molecule has 3 rings (SSSR count). The predicted molar refractivity (Wildman–Crippen MR) is 79.8 cm³/mol. The average Bonchev–Trinajstić information content (AvgIpc) is 2.94. The van der Waals surface area contributed by atoms with Crippen LogP contribution in [0.3, 0.4) is 0 Å². The first-order chi connectivity index (χ1) is 9.24. The maximum absolute atomic E-state index is 6.06. The standard InChI is InChI=1S/C15H18ClNOS/c1-10(11-4-2-5-11)17-15(12-6-3-9-18-12)13-7-8-14(16)19-13/h3,6-11,15,17H,2,4-5H2,1H3. The number of hydrogen-bond acceptors (Lipinski definition) is 3. The smallest absolute Gasteiger partial charge is 0.126 e. The Morgan fingerprint density at radius 2 is 2.21 bits per heavy atom. The summed E-state index contributed by atoms with van der Waals surface area (Å²) in [5.74, 6) is 1.76. The van der Waals surface area contributed by atoms with E-state index in [4.69, 9.17) is 16.0 Å². The van der Waals surface area contributed by atoms with Crippen molar-refractivity contribution in [2.75, 3.05) is 0 Å². The van der Waals surface area contributed by atoms with E-state index in [0.717, 1.165) is 16.0 Å². The first-order valence-corrected chi connectivity index (χ1v) is 7.98. The van der Waals surface area contributed by atoms with Crippen LogP contribution in [0, 0.1) is 5.92 Å². The van der Waals surface area contributed by atoms with E-state index >= 15 is 0 Å². The fourth-order valence-corrected chi connectivity index (χ4v) is 3.71. The topological polar surface area (TPSA) is 25.2 Å². The van der Waals surface area contributed by atoms with Gasteiger partial charge in [-0.3, -0.25) is 0 Å². The molecule has 0 bridgehead atoms. The van der Waals surface area contributed by atoms with Crippen molar-refractivity contribution in [3.05, 3.63) is 45.5 Å². The molecular formula is C15H18ClNOS. The number of furan rings is 1. The largest absolute Gasteiger partial charge is 0.467 e. The third kappa shape index (κ3) is 2.88. The highest BCUT2D eigenvalue weighted by atomic mass is 35.5. The molecule has 0 radical (unpaired) electrons. The zero-order chi connectivity index (χ0) is 13.2. The first-order valence-electron chi connectivity index (χ1n) is 6.78. The summed E-state index contributed by atoms with van der Waals surface area (Å²) in [6.07, 6.45) is 5.77. The number of halogens is 1. The Hall–Kier alpha value is -0.770. The van der Waals surface area contributed by atoms with Crippen molar-refractivity contribution in [3.63, 3.8) is 0 Å². The lowest BCUT2D eigenvalue weighted by Crippen LogP contribution is -2.39. The van der Waals surface area contributed by atoms with Gasteiger partial charge in [0.1, 0.15) is 11.8 Å². The highest BCUT2D eigenvalue weighted by Gasteiger charge is 2.28. The van der Waals surface area contributed by atoms with Crippen molar-refractivity contribution in [2.24, 2.45) is 5.92 Å². The lowest BCUT2D eigenvalue weighted by Gasteiger charge is -2.34. The summed E-state index contributed by atoms with van der Waals surface area (Å²) in [7, 11) is 0. The highest BCUT2D eigenvalue weighted by molar-refractivity contribution is 7.16. The molecule has 2 unspecified atom stereocenters. The molecule has 19 heavy (non-hydrogen) atoms. The van der Waals surface area contributed by atoms with E-state index in [1.807, 2.05) is 18.2 Å². The van der Waals surface area contributed by atoms with Gasteiger partial charge in [0.15, 0.2) is 0 Å². The number of nitrogens with one attached hydrogen (secondary N) is 1. The van der Waals surface area contributed by atoms with Crippen LogP contribution in [0.1, 0.15) is 42.9 Å². The molecule has 2 aromatic rings. The minimum Gasteiger partial charge on any atom is -0.467 e. The molecule has 2 heterocycles. The molecule has 0 aliphatic heterocycles. The van der Waals surface area contributed by atoms with Crippen LogP contribution in [-0.4, -0.2) is 6.04 Å². The Labute approximate surface area is 122 Å². The van der Waals surface area contributed by atoms with Crippen molar-refractivity contribution < 1.29 is 4.42 Å². The lowest BCUT2D eigenvalue weighted by atomic mass is 9.80. The Morgan fingerprint density at radius 3 is 2.74 bits per heavy atom. The highest BCUT2D eigenvalue weighted by Crippen LogP contribution is 2.35. The predicted octanol–water partition coefficient (Wildman–Crippen LogP) is 4.86. The minimum atomic E-state index is 0.114. The van der Waals surface area contributed by atoms with E-state index < -0.39 is 0 Å². The van der Waals surface area contributed by atoms with Crippen molar-refractivity contribution in [2.45, 2.75) is 38.3 Å². The summed E-state index contributed by atoms with van der Waals surface area (Å²) in [4.78, 5) is 1.21. The minimum absolute atomic E-state index is 0.114. The maximum atomic E-state index is 6.06. The molecule has 0 spiro atoms. The van der Waals surface area contributed by atoms with E-state index in [0.29, 0.717) is 6.04 Å². The van der Waals surface area contributed by atoms with E-state index in [1.54, 1.807) is 17.6 Å². The number of thiophene rings is 1. The Morgan fingerprint density at radius 1 is 1.37 bits per heavy atom. The van der Waals surface area contributed by atoms with Gasteiger partial charge < -0.3 is 9.73 Å². The van der Waals surface area contributed by atoms with E-state index in [2.05, 4.69) is 18.3 Å². The molecule has 1 saturated carbocycles. The van der Waals surface area contributed by atoms with Gasteiger partial charge in [-0.25, -0.2) is 0 Å². The SMILES string of the molecule is CC(NC(c1ccco1)c1ccc(Cl)s1)C1CCC1. The Kier molecular flexibility index (Phi) is 3.96. The molecule has 2 nitrogen and oxygen atoms in total. The lowest BCUT2D eigenvalue weighted by molar-refractivity contribution is 0.228. The van der Waals surface area contributed by atoms with E-state index in [9.17, 15) is 0 Å². The van der Waals surface area contributed by atoms with E-state index in [-0.39, 0.29) is 6.04 Å². The summed E-state index contributed by atoms with van der Waals surface area (Å²) in [6.45, 7) is 2.27. The van der Waals surface area contributed by atoms with Gasteiger partial charge in [0, 0.05) is 10.9 Å². The molecule has 0 aromatic carbocycles. The van der Waals surface area contributed by atoms with Gasteiger partial charge >= 0.3 is 0 Å². The molecular weight excluding hydrogens is 278 g/mol. The maximum Gasteiger partial charge on any atom is 0.126 e. The van der Waals surface area contributed by atoms with Crippen LogP contribution in [0.15, 0.2) is 34.9 Å². The van der Waals surface area contributed by atoms with Crippen LogP contribution >= 0.6 is 22.9 Å². The van der Waals surface area contributed by atoms with Crippen LogP contribution in [0.2, 0.25) is 4.34 Å². The molecule has 0 amide bonds. The normalized spacial score (nSPS) is 19.1. The Bertz CT molecular complexity index is 518. The van der Waals surface area contributed by atoms with Crippen LogP contribution in [0.4, 0.5) is 0 Å². The van der Waals surface area contributed by atoms with Crippen LogP contribution in [-0.2, 0) is 0 Å². The van der Waals surface area contributed by atoms with Gasteiger partial charge in [-0.15, -0.1) is 11.3 Å². The summed E-state index contributed by atoms with van der Waals surface area (Å²) < 4.78 is 6.42. The molecule has 2 aromatic heterocycles. The third-order valence-corrected chi connectivity index (χ3v) is 5.29. The van der Waals surface area contributed by atoms with Crippen LogP contribution in [0.25, 0.3) is 0 Å². The second-order valence-electron chi connectivity index (χ2n) is 5.24. The van der Waals surface area contributed by atoms with E-state index in [1.165, 1.54) is 24.1 Å². The van der Waals surface area contributed by atoms with Gasteiger partial charge in [-0.05, 0) is 49.9 Å². The van der Waals surface area contributed by atoms with Gasteiger partial charge in [-0.1, -0.05) is 18.0 Å². The molecule has 2 atom stereocenters. The Balaban J connectivity index is 1.80. The summed E-state index contributed by atoms with van der Waals surface area (Å²) in [6, 6.07) is 8.62. The monoisotopic (exact) mass is 295 g/mol. The first kappa shape index (κ1) is 13.2. The molecule has 1 aliphatic rings. The number of hydrogen-bond donors (Lipinski definition) is 1. The molecule has 102 valence electrons. The molecule has 4 heteroatoms. The second-order valence-corrected chi connectivity index (χ2v) is 6.98. The molecule has 0 saturated heterocycles. The molecule has 1 aliphatic carbocycles. The van der Waals surface area contributed by atoms with Gasteiger partial charge in [0.05, 0.1) is 10.6 Å². The van der Waals surface area contributed by atoms with Crippen molar-refractivity contribution in [3.8, 4) is 0 Å². The van der Waals surface area contributed by atoms with Gasteiger partial charge in [-0.2, -0.15) is 0 Å². The molecule has 1 fully saturated rings. The van der Waals surface area contributed by atoms with Crippen molar-refractivity contribution in [1.29, 1.82) is 0 Å². The second kappa shape index (κ2) is 5.70. The third-order valence-electron chi connectivity index (χ3n) is 3.99. The fourth-order valence-electron chi connectivity index (χ4n) is 2.58.